The van der Waals surface area contributed by atoms with Gasteiger partial charge in [-0.25, -0.2) is 9.78 Å². The van der Waals surface area contributed by atoms with Crippen molar-refractivity contribution in [3.63, 3.8) is 0 Å². The highest BCUT2D eigenvalue weighted by Gasteiger charge is 2.48. The van der Waals surface area contributed by atoms with E-state index in [1.165, 1.54) is 6.26 Å². The van der Waals surface area contributed by atoms with Crippen molar-refractivity contribution in [1.29, 1.82) is 0 Å². The molecule has 130 valence electrons. The summed E-state index contributed by atoms with van der Waals surface area (Å²) in [5.41, 5.74) is 0.963. The van der Waals surface area contributed by atoms with Crippen LogP contribution in [0.25, 0.3) is 11.5 Å². The molecule has 0 spiro atoms. The topological polar surface area (TPSA) is 83.6 Å². The van der Waals surface area contributed by atoms with Gasteiger partial charge in [0.2, 0.25) is 5.89 Å². The molecule has 1 aliphatic heterocycles. The minimum Gasteiger partial charge on any atom is -0.480 e. The van der Waals surface area contributed by atoms with Crippen LogP contribution >= 0.6 is 0 Å². The lowest BCUT2D eigenvalue weighted by Crippen LogP contribution is -2.46. The van der Waals surface area contributed by atoms with Crippen molar-refractivity contribution in [3.05, 3.63) is 42.3 Å². The number of amides is 1. The average molecular weight is 340 g/mol. The van der Waals surface area contributed by atoms with E-state index in [-0.39, 0.29) is 23.6 Å². The van der Waals surface area contributed by atoms with Gasteiger partial charge in [0.05, 0.1) is 0 Å². The van der Waals surface area contributed by atoms with E-state index in [9.17, 15) is 14.7 Å². The van der Waals surface area contributed by atoms with Crippen molar-refractivity contribution in [2.45, 2.75) is 44.2 Å². The minimum absolute atomic E-state index is 0.000717. The van der Waals surface area contributed by atoms with Crippen molar-refractivity contribution < 1.29 is 19.1 Å². The quantitative estimate of drug-likeness (QED) is 0.927. The zero-order valence-electron chi connectivity index (χ0n) is 13.8. The molecule has 1 N–H and O–H groups in total. The number of benzene rings is 1. The van der Waals surface area contributed by atoms with Crippen LogP contribution in [0.15, 0.2) is 41.0 Å². The second kappa shape index (κ2) is 6.35. The van der Waals surface area contributed by atoms with Crippen LogP contribution in [-0.4, -0.2) is 39.0 Å². The number of likely N-dealkylation sites (tertiary alicyclic amines) is 1. The van der Waals surface area contributed by atoms with E-state index in [2.05, 4.69) is 4.98 Å². The molecule has 2 aliphatic rings. The lowest BCUT2D eigenvalue weighted by atomic mass is 9.84. The highest BCUT2D eigenvalue weighted by atomic mass is 16.4. The van der Waals surface area contributed by atoms with Crippen LogP contribution in [0.1, 0.15) is 42.6 Å². The molecule has 6 nitrogen and oxygen atoms in total. The van der Waals surface area contributed by atoms with E-state index >= 15 is 0 Å². The molecule has 1 saturated heterocycles. The molecule has 1 amide bonds. The van der Waals surface area contributed by atoms with Gasteiger partial charge in [0.25, 0.3) is 5.91 Å². The van der Waals surface area contributed by atoms with Gasteiger partial charge in [0, 0.05) is 11.6 Å². The third-order valence-electron chi connectivity index (χ3n) is 5.35. The SMILES string of the molecule is O=C(O)[C@@H]1C[C@@H]2CCCC[C@@H]2N1C(=O)c1coc(-c2ccccc2)n1. The first-order valence-corrected chi connectivity index (χ1v) is 8.71. The Morgan fingerprint density at radius 1 is 1.16 bits per heavy atom. The Kier molecular flexibility index (Phi) is 4.03. The standard InChI is InChI=1S/C19H20N2O4/c22-18(14-11-25-17(20-14)12-6-2-1-3-7-12)21-15-9-5-4-8-13(15)10-16(21)19(23)24/h1-3,6-7,11,13,15-16H,4-5,8-10H2,(H,23,24)/t13-,15-,16-/m0/s1. The van der Waals surface area contributed by atoms with Crippen molar-refractivity contribution in [2.24, 2.45) is 5.92 Å². The predicted octanol–water partition coefficient (Wildman–Crippen LogP) is 3.20. The maximum absolute atomic E-state index is 13.0. The number of oxazole rings is 1. The number of aliphatic carboxylic acids is 1. The Bertz CT molecular complexity index is 786. The van der Waals surface area contributed by atoms with Gasteiger partial charge < -0.3 is 14.4 Å². The van der Waals surface area contributed by atoms with Gasteiger partial charge in [-0.15, -0.1) is 0 Å². The van der Waals surface area contributed by atoms with E-state index in [1.807, 2.05) is 30.3 Å². The zero-order chi connectivity index (χ0) is 17.4. The Morgan fingerprint density at radius 3 is 2.68 bits per heavy atom. The lowest BCUT2D eigenvalue weighted by Gasteiger charge is -2.32. The second-order valence-electron chi connectivity index (χ2n) is 6.82. The summed E-state index contributed by atoms with van der Waals surface area (Å²) in [4.78, 5) is 30.5. The first kappa shape index (κ1) is 15.9. The molecule has 3 atom stereocenters. The van der Waals surface area contributed by atoms with Gasteiger partial charge in [-0.05, 0) is 37.3 Å². The van der Waals surface area contributed by atoms with Crippen molar-refractivity contribution >= 4 is 11.9 Å². The molecule has 2 fully saturated rings. The molecule has 1 saturated carbocycles. The molecular formula is C19H20N2O4. The van der Waals surface area contributed by atoms with Crippen molar-refractivity contribution in [3.8, 4) is 11.5 Å². The molecule has 1 aromatic carbocycles. The largest absolute Gasteiger partial charge is 0.480 e. The Hall–Kier alpha value is -2.63. The second-order valence-corrected chi connectivity index (χ2v) is 6.82. The van der Waals surface area contributed by atoms with Gasteiger partial charge in [-0.2, -0.15) is 0 Å². The summed E-state index contributed by atoms with van der Waals surface area (Å²) in [6, 6.07) is 8.57. The van der Waals surface area contributed by atoms with Crippen LogP contribution in [0.5, 0.6) is 0 Å². The highest BCUT2D eigenvalue weighted by molar-refractivity contribution is 5.95. The molecule has 2 heterocycles. The number of hydrogen-bond donors (Lipinski definition) is 1. The molecule has 4 rings (SSSR count). The Morgan fingerprint density at radius 2 is 1.92 bits per heavy atom. The number of rotatable bonds is 3. The fraction of sp³-hybridized carbons (Fsp3) is 0.421. The van der Waals surface area contributed by atoms with Gasteiger partial charge >= 0.3 is 5.97 Å². The van der Waals surface area contributed by atoms with E-state index in [0.717, 1.165) is 31.2 Å². The van der Waals surface area contributed by atoms with Gasteiger partial charge in [0.1, 0.15) is 12.3 Å². The number of carbonyl (C=O) groups is 2. The summed E-state index contributed by atoms with van der Waals surface area (Å²) >= 11 is 0. The third kappa shape index (κ3) is 2.81. The van der Waals surface area contributed by atoms with E-state index in [1.54, 1.807) is 4.90 Å². The number of carbonyl (C=O) groups excluding carboxylic acids is 1. The summed E-state index contributed by atoms with van der Waals surface area (Å²) in [7, 11) is 0. The van der Waals surface area contributed by atoms with Crippen LogP contribution in [0.2, 0.25) is 0 Å². The number of aromatic nitrogens is 1. The molecule has 1 aromatic heterocycles. The van der Waals surface area contributed by atoms with Gasteiger partial charge in [-0.1, -0.05) is 31.0 Å². The first-order chi connectivity index (χ1) is 12.1. The van der Waals surface area contributed by atoms with Gasteiger partial charge in [0.15, 0.2) is 5.69 Å². The highest BCUT2D eigenvalue weighted by Crippen LogP contribution is 2.40. The Balaban J connectivity index is 1.63. The molecule has 1 aliphatic carbocycles. The van der Waals surface area contributed by atoms with Crippen LogP contribution in [0.3, 0.4) is 0 Å². The smallest absolute Gasteiger partial charge is 0.326 e. The number of hydrogen-bond acceptors (Lipinski definition) is 4. The summed E-state index contributed by atoms with van der Waals surface area (Å²) in [6.07, 6.45) is 5.87. The minimum atomic E-state index is -0.936. The van der Waals surface area contributed by atoms with Gasteiger partial charge in [-0.3, -0.25) is 4.79 Å². The summed E-state index contributed by atoms with van der Waals surface area (Å²) < 4.78 is 5.46. The predicted molar refractivity (Wildman–Crippen MR) is 89.9 cm³/mol. The van der Waals surface area contributed by atoms with E-state index < -0.39 is 12.0 Å². The molecule has 0 bridgehead atoms. The maximum atomic E-state index is 13.0. The van der Waals surface area contributed by atoms with E-state index in [4.69, 9.17) is 4.42 Å². The lowest BCUT2D eigenvalue weighted by molar-refractivity contribution is -0.141. The average Bonchev–Trinajstić information content (AvgIpc) is 3.27. The fourth-order valence-electron chi connectivity index (χ4n) is 4.19. The van der Waals surface area contributed by atoms with Crippen molar-refractivity contribution in [1.82, 2.24) is 9.88 Å². The van der Waals surface area contributed by atoms with Crippen LogP contribution < -0.4 is 0 Å². The number of nitrogens with zero attached hydrogens (tertiary/aromatic N) is 2. The summed E-state index contributed by atoms with van der Waals surface area (Å²) in [5.74, 6) is -0.628. The molecule has 0 radical (unpaired) electrons. The van der Waals surface area contributed by atoms with E-state index in [0.29, 0.717) is 12.3 Å². The molecular weight excluding hydrogens is 320 g/mol. The first-order valence-electron chi connectivity index (χ1n) is 8.71. The number of fused-ring (bicyclic) bond motifs is 1. The van der Waals surface area contributed by atoms with Crippen LogP contribution in [0, 0.1) is 5.92 Å². The van der Waals surface area contributed by atoms with Crippen LogP contribution in [0.4, 0.5) is 0 Å². The summed E-state index contributed by atoms with van der Waals surface area (Å²) in [6.45, 7) is 0. The maximum Gasteiger partial charge on any atom is 0.326 e. The molecule has 2 aromatic rings. The number of carboxylic acids is 1. The Labute approximate surface area is 145 Å². The third-order valence-corrected chi connectivity index (χ3v) is 5.35. The monoisotopic (exact) mass is 340 g/mol. The molecule has 25 heavy (non-hydrogen) atoms. The number of carboxylic acid groups (broad SMARTS) is 1. The molecule has 0 unspecified atom stereocenters. The van der Waals surface area contributed by atoms with Crippen LogP contribution in [-0.2, 0) is 4.79 Å². The van der Waals surface area contributed by atoms with Crippen molar-refractivity contribution in [2.75, 3.05) is 0 Å². The molecule has 6 heteroatoms. The normalized spacial score (nSPS) is 25.6. The zero-order valence-corrected chi connectivity index (χ0v) is 13.8. The summed E-state index contributed by atoms with van der Waals surface area (Å²) in [5, 5.41) is 9.57. The fourth-order valence-corrected chi connectivity index (χ4v) is 4.19.